The lowest BCUT2D eigenvalue weighted by molar-refractivity contribution is -0.120. The van der Waals surface area contributed by atoms with E-state index in [1.807, 2.05) is 12.1 Å². The Kier molecular flexibility index (Phi) is 6.25. The van der Waals surface area contributed by atoms with E-state index in [-0.39, 0.29) is 23.9 Å². The fourth-order valence-electron chi connectivity index (χ4n) is 5.31. The standard InChI is InChI=1S/C25H28ClFN4O2/c26-19-7-4-17(5-8-19)18-6-9-20-15-31(13-12-29(20)14-18)25(33)21-2-1-3-22(24(21)27)30-11-10-28-23(32)16-30/h1-5,7-8,18,20H,6,9-16H2,(H,28,32)/t18-,20+/m0/s1. The highest BCUT2D eigenvalue weighted by Crippen LogP contribution is 2.33. The number of halogens is 2. The third kappa shape index (κ3) is 4.57. The Morgan fingerprint density at radius 1 is 1.03 bits per heavy atom. The summed E-state index contributed by atoms with van der Waals surface area (Å²) in [4.78, 5) is 30.9. The van der Waals surface area contributed by atoms with E-state index in [9.17, 15) is 9.59 Å². The molecule has 33 heavy (non-hydrogen) atoms. The molecule has 2 aromatic carbocycles. The van der Waals surface area contributed by atoms with E-state index in [1.54, 1.807) is 28.0 Å². The molecule has 0 unspecified atom stereocenters. The lowest BCUT2D eigenvalue weighted by atomic mass is 9.86. The average molecular weight is 471 g/mol. The Morgan fingerprint density at radius 3 is 2.64 bits per heavy atom. The summed E-state index contributed by atoms with van der Waals surface area (Å²) >= 11 is 6.03. The minimum Gasteiger partial charge on any atom is -0.358 e. The van der Waals surface area contributed by atoms with Gasteiger partial charge in [0, 0.05) is 50.3 Å². The van der Waals surface area contributed by atoms with Crippen molar-refractivity contribution >= 4 is 29.1 Å². The van der Waals surface area contributed by atoms with E-state index in [0.717, 1.165) is 31.0 Å². The molecule has 6 nitrogen and oxygen atoms in total. The van der Waals surface area contributed by atoms with Crippen LogP contribution in [0.1, 0.15) is 34.7 Å². The first-order chi connectivity index (χ1) is 16.0. The molecule has 3 heterocycles. The van der Waals surface area contributed by atoms with Crippen LogP contribution in [0.3, 0.4) is 0 Å². The molecule has 3 aliphatic heterocycles. The summed E-state index contributed by atoms with van der Waals surface area (Å²) in [6.45, 7) is 4.04. The van der Waals surface area contributed by atoms with Gasteiger partial charge in [-0.25, -0.2) is 4.39 Å². The van der Waals surface area contributed by atoms with Crippen LogP contribution in [0.15, 0.2) is 42.5 Å². The maximum absolute atomic E-state index is 15.3. The third-order valence-electron chi connectivity index (χ3n) is 7.12. The van der Waals surface area contributed by atoms with Crippen LogP contribution < -0.4 is 10.2 Å². The Hall–Kier alpha value is -2.64. The van der Waals surface area contributed by atoms with Crippen molar-refractivity contribution in [1.82, 2.24) is 15.1 Å². The Labute approximate surface area is 198 Å². The zero-order valence-electron chi connectivity index (χ0n) is 18.5. The van der Waals surface area contributed by atoms with Crippen molar-refractivity contribution in [2.24, 2.45) is 0 Å². The van der Waals surface area contributed by atoms with Crippen molar-refractivity contribution in [3.8, 4) is 0 Å². The minimum absolute atomic E-state index is 0.0850. The highest BCUT2D eigenvalue weighted by atomic mass is 35.5. The largest absolute Gasteiger partial charge is 0.358 e. The van der Waals surface area contributed by atoms with Crippen molar-refractivity contribution in [3.63, 3.8) is 0 Å². The van der Waals surface area contributed by atoms with Gasteiger partial charge in [-0.1, -0.05) is 29.8 Å². The number of piperazine rings is 2. The van der Waals surface area contributed by atoms with Crippen LogP contribution in [0.2, 0.25) is 5.02 Å². The summed E-state index contributed by atoms with van der Waals surface area (Å²) in [7, 11) is 0. The van der Waals surface area contributed by atoms with E-state index in [0.29, 0.717) is 43.8 Å². The van der Waals surface area contributed by atoms with Gasteiger partial charge in [0.15, 0.2) is 5.82 Å². The summed E-state index contributed by atoms with van der Waals surface area (Å²) < 4.78 is 15.3. The van der Waals surface area contributed by atoms with Crippen LogP contribution >= 0.6 is 11.6 Å². The van der Waals surface area contributed by atoms with Gasteiger partial charge in [0.1, 0.15) is 0 Å². The zero-order chi connectivity index (χ0) is 22.9. The number of amides is 2. The summed E-state index contributed by atoms with van der Waals surface area (Å²) in [6, 6.07) is 13.3. The molecule has 1 N–H and O–H groups in total. The second-order valence-corrected chi connectivity index (χ2v) is 9.57. The maximum atomic E-state index is 15.3. The average Bonchev–Trinajstić information content (AvgIpc) is 2.83. The number of rotatable bonds is 3. The number of carbonyl (C=O) groups excluding carboxylic acids is 2. The molecule has 0 aliphatic carbocycles. The van der Waals surface area contributed by atoms with Crippen molar-refractivity contribution in [3.05, 3.63) is 64.4 Å². The van der Waals surface area contributed by atoms with Crippen molar-refractivity contribution < 1.29 is 14.0 Å². The van der Waals surface area contributed by atoms with Gasteiger partial charge in [0.25, 0.3) is 5.91 Å². The first-order valence-electron chi connectivity index (χ1n) is 11.6. The minimum atomic E-state index is -0.536. The quantitative estimate of drug-likeness (QED) is 0.749. The number of nitrogens with zero attached hydrogens (tertiary/aromatic N) is 3. The van der Waals surface area contributed by atoms with E-state index >= 15 is 4.39 Å². The van der Waals surface area contributed by atoms with E-state index in [2.05, 4.69) is 22.3 Å². The summed E-state index contributed by atoms with van der Waals surface area (Å²) in [5, 5.41) is 3.49. The number of piperidine rings is 1. The van der Waals surface area contributed by atoms with Gasteiger partial charge in [0.2, 0.25) is 5.91 Å². The number of benzene rings is 2. The van der Waals surface area contributed by atoms with Crippen molar-refractivity contribution in [2.45, 2.75) is 24.8 Å². The Balaban J connectivity index is 1.26. The number of fused-ring (bicyclic) bond motifs is 1. The highest BCUT2D eigenvalue weighted by Gasteiger charge is 2.36. The molecule has 0 bridgehead atoms. The summed E-state index contributed by atoms with van der Waals surface area (Å²) in [5.41, 5.74) is 1.71. The first-order valence-corrected chi connectivity index (χ1v) is 12.0. The predicted molar refractivity (Wildman–Crippen MR) is 126 cm³/mol. The fourth-order valence-corrected chi connectivity index (χ4v) is 5.44. The van der Waals surface area contributed by atoms with Crippen LogP contribution in [0.25, 0.3) is 0 Å². The van der Waals surface area contributed by atoms with Crippen LogP contribution in [-0.4, -0.2) is 73.5 Å². The lowest BCUT2D eigenvalue weighted by Gasteiger charge is -2.46. The fraction of sp³-hybridized carbons (Fsp3) is 0.440. The van der Waals surface area contributed by atoms with Gasteiger partial charge >= 0.3 is 0 Å². The maximum Gasteiger partial charge on any atom is 0.257 e. The zero-order valence-corrected chi connectivity index (χ0v) is 19.2. The molecule has 2 atom stereocenters. The van der Waals surface area contributed by atoms with Gasteiger partial charge in [-0.05, 0) is 48.6 Å². The number of anilines is 1. The molecule has 174 valence electrons. The molecular weight excluding hydrogens is 443 g/mol. The highest BCUT2D eigenvalue weighted by molar-refractivity contribution is 6.30. The van der Waals surface area contributed by atoms with Crippen LogP contribution in [-0.2, 0) is 4.79 Å². The van der Waals surface area contributed by atoms with Gasteiger partial charge in [-0.3, -0.25) is 14.5 Å². The molecule has 0 aromatic heterocycles. The molecule has 5 rings (SSSR count). The topological polar surface area (TPSA) is 55.9 Å². The summed E-state index contributed by atoms with van der Waals surface area (Å²) in [5.74, 6) is -0.472. The molecule has 0 spiro atoms. The second-order valence-electron chi connectivity index (χ2n) is 9.14. The van der Waals surface area contributed by atoms with E-state index in [4.69, 9.17) is 11.6 Å². The van der Waals surface area contributed by atoms with Crippen molar-refractivity contribution in [2.75, 3.05) is 50.7 Å². The molecule has 0 radical (unpaired) electrons. The molecule has 3 aliphatic rings. The Bertz CT molecular complexity index is 1050. The van der Waals surface area contributed by atoms with E-state index < -0.39 is 5.82 Å². The smallest absolute Gasteiger partial charge is 0.257 e. The first kappa shape index (κ1) is 22.2. The molecule has 8 heteroatoms. The number of carbonyl (C=O) groups is 2. The number of hydrogen-bond acceptors (Lipinski definition) is 4. The molecule has 3 saturated heterocycles. The third-order valence-corrected chi connectivity index (χ3v) is 7.38. The van der Waals surface area contributed by atoms with Crippen LogP contribution in [0, 0.1) is 5.82 Å². The number of nitrogens with one attached hydrogen (secondary N) is 1. The molecule has 2 aromatic rings. The normalized spacial score (nSPS) is 23.8. The molecular formula is C25H28ClFN4O2. The van der Waals surface area contributed by atoms with Gasteiger partial charge in [0.05, 0.1) is 17.8 Å². The molecule has 0 saturated carbocycles. The van der Waals surface area contributed by atoms with Crippen molar-refractivity contribution in [1.29, 1.82) is 0 Å². The second kappa shape index (κ2) is 9.31. The Morgan fingerprint density at radius 2 is 1.85 bits per heavy atom. The van der Waals surface area contributed by atoms with Gasteiger partial charge < -0.3 is 15.1 Å². The number of hydrogen-bond donors (Lipinski definition) is 1. The van der Waals surface area contributed by atoms with E-state index in [1.165, 1.54) is 5.56 Å². The summed E-state index contributed by atoms with van der Waals surface area (Å²) in [6.07, 6.45) is 2.06. The monoisotopic (exact) mass is 470 g/mol. The molecule has 3 fully saturated rings. The lowest BCUT2D eigenvalue weighted by Crippen LogP contribution is -2.57. The van der Waals surface area contributed by atoms with Crippen LogP contribution in [0.5, 0.6) is 0 Å². The van der Waals surface area contributed by atoms with Gasteiger partial charge in [-0.2, -0.15) is 0 Å². The van der Waals surface area contributed by atoms with Crippen LogP contribution in [0.4, 0.5) is 10.1 Å². The van der Waals surface area contributed by atoms with Gasteiger partial charge in [-0.15, -0.1) is 0 Å². The SMILES string of the molecule is O=C1CN(c2cccc(C(=O)N3CCN4C[C@@H](c5ccc(Cl)cc5)CC[C@@H]4C3)c2F)CCN1. The molecule has 2 amide bonds. The predicted octanol–water partition coefficient (Wildman–Crippen LogP) is 3.12.